The summed E-state index contributed by atoms with van der Waals surface area (Å²) >= 11 is 0. The largest absolute Gasteiger partial charge is 0.463 e. The topological polar surface area (TPSA) is 126 Å². The van der Waals surface area contributed by atoms with Crippen LogP contribution in [0.5, 0.6) is 0 Å². The van der Waals surface area contributed by atoms with Crippen LogP contribution in [0.1, 0.15) is 27.7 Å². The molecule has 25 heavy (non-hydrogen) atoms. The van der Waals surface area contributed by atoms with Crippen LogP contribution < -0.4 is 5.32 Å². The molecule has 1 N–H and O–H groups in total. The molecule has 0 aromatic carbocycles. The van der Waals surface area contributed by atoms with Crippen LogP contribution in [0.3, 0.4) is 0 Å². The van der Waals surface area contributed by atoms with Crippen molar-refractivity contribution in [3.8, 4) is 0 Å². The smallest absolute Gasteiger partial charge is 0.303 e. The molecule has 0 spiro atoms. The van der Waals surface area contributed by atoms with E-state index >= 15 is 0 Å². The summed E-state index contributed by atoms with van der Waals surface area (Å²) < 4.78 is 26.1. The van der Waals surface area contributed by atoms with E-state index in [2.05, 4.69) is 5.32 Å². The van der Waals surface area contributed by atoms with Crippen molar-refractivity contribution in [3.05, 3.63) is 0 Å². The average Bonchev–Trinajstić information content (AvgIpc) is 2.48. The molecule has 1 heterocycles. The van der Waals surface area contributed by atoms with Gasteiger partial charge in [0.15, 0.2) is 18.5 Å². The van der Waals surface area contributed by atoms with Crippen LogP contribution in [0, 0.1) is 0 Å². The van der Waals surface area contributed by atoms with Gasteiger partial charge in [-0.2, -0.15) is 0 Å². The molecule has 5 atom stereocenters. The Labute approximate surface area is 145 Å². The third-order valence-electron chi connectivity index (χ3n) is 3.31. The van der Waals surface area contributed by atoms with E-state index in [4.69, 9.17) is 23.7 Å². The van der Waals surface area contributed by atoms with Crippen molar-refractivity contribution < 1.29 is 42.9 Å². The van der Waals surface area contributed by atoms with E-state index < -0.39 is 54.5 Å². The number of rotatable bonds is 6. The van der Waals surface area contributed by atoms with E-state index in [1.54, 1.807) is 0 Å². The van der Waals surface area contributed by atoms with Crippen molar-refractivity contribution in [2.45, 2.75) is 58.3 Å². The number of hydrogen-bond acceptors (Lipinski definition) is 9. The molecule has 1 rings (SSSR count). The highest BCUT2D eigenvalue weighted by atomic mass is 16.7. The number of ether oxygens (including phenoxy) is 5. The first-order chi connectivity index (χ1) is 11.6. The van der Waals surface area contributed by atoms with E-state index in [-0.39, 0.29) is 6.61 Å². The lowest BCUT2D eigenvalue weighted by atomic mass is 9.95. The Morgan fingerprint density at radius 3 is 1.92 bits per heavy atom. The number of methoxy groups -OCH3 is 1. The van der Waals surface area contributed by atoms with Crippen molar-refractivity contribution in [3.63, 3.8) is 0 Å². The van der Waals surface area contributed by atoms with Crippen LogP contribution in [0.25, 0.3) is 0 Å². The predicted octanol–water partition coefficient (Wildman–Crippen LogP) is -0.711. The van der Waals surface area contributed by atoms with Crippen LogP contribution >= 0.6 is 0 Å². The highest BCUT2D eigenvalue weighted by molar-refractivity contribution is 5.74. The Kier molecular flexibility index (Phi) is 7.78. The number of carbonyl (C=O) groups is 4. The molecule has 1 aliphatic rings. The summed E-state index contributed by atoms with van der Waals surface area (Å²) in [7, 11) is 1.32. The van der Waals surface area contributed by atoms with Gasteiger partial charge < -0.3 is 29.0 Å². The molecule has 1 fully saturated rings. The Morgan fingerprint density at radius 1 is 0.920 bits per heavy atom. The van der Waals surface area contributed by atoms with Gasteiger partial charge in [-0.3, -0.25) is 19.2 Å². The third kappa shape index (κ3) is 6.31. The van der Waals surface area contributed by atoms with E-state index in [0.29, 0.717) is 0 Å². The maximum atomic E-state index is 11.6. The fourth-order valence-electron chi connectivity index (χ4n) is 2.50. The lowest BCUT2D eigenvalue weighted by Crippen LogP contribution is -2.66. The molecule has 0 radical (unpaired) electrons. The van der Waals surface area contributed by atoms with E-state index in [9.17, 15) is 19.2 Å². The second kappa shape index (κ2) is 9.33. The van der Waals surface area contributed by atoms with Gasteiger partial charge in [0.2, 0.25) is 5.91 Å². The molecule has 10 nitrogen and oxygen atoms in total. The zero-order chi connectivity index (χ0) is 19.1. The monoisotopic (exact) mass is 361 g/mol. The van der Waals surface area contributed by atoms with Gasteiger partial charge in [-0.05, 0) is 0 Å². The molecule has 0 saturated carbocycles. The van der Waals surface area contributed by atoms with Crippen LogP contribution in [0.15, 0.2) is 0 Å². The summed E-state index contributed by atoms with van der Waals surface area (Å²) in [6, 6.07) is -0.954. The Morgan fingerprint density at radius 2 is 1.48 bits per heavy atom. The zero-order valence-corrected chi connectivity index (χ0v) is 14.8. The number of hydrogen-bond donors (Lipinski definition) is 1. The third-order valence-corrected chi connectivity index (χ3v) is 3.31. The van der Waals surface area contributed by atoms with Crippen molar-refractivity contribution >= 4 is 23.8 Å². The van der Waals surface area contributed by atoms with Crippen molar-refractivity contribution in [1.29, 1.82) is 0 Å². The average molecular weight is 361 g/mol. The van der Waals surface area contributed by atoms with Crippen LogP contribution in [-0.4, -0.2) is 68.2 Å². The second-order valence-corrected chi connectivity index (χ2v) is 5.46. The van der Waals surface area contributed by atoms with Crippen LogP contribution in [0.2, 0.25) is 0 Å². The van der Waals surface area contributed by atoms with Crippen LogP contribution in [0.4, 0.5) is 0 Å². The lowest BCUT2D eigenvalue weighted by molar-refractivity contribution is -0.279. The number of amides is 1. The minimum atomic E-state index is -1.07. The zero-order valence-electron chi connectivity index (χ0n) is 14.8. The first-order valence-corrected chi connectivity index (χ1v) is 7.58. The summed E-state index contributed by atoms with van der Waals surface area (Å²) in [5.74, 6) is -2.28. The van der Waals surface area contributed by atoms with Crippen molar-refractivity contribution in [1.82, 2.24) is 5.32 Å². The summed E-state index contributed by atoms with van der Waals surface area (Å²) in [6.07, 6.45) is -4.12. The Bertz CT molecular complexity index is 521. The highest BCUT2D eigenvalue weighted by Crippen LogP contribution is 2.27. The molecule has 1 aliphatic heterocycles. The fourth-order valence-corrected chi connectivity index (χ4v) is 2.50. The molecule has 1 amide bonds. The number of carbonyl (C=O) groups excluding carboxylic acids is 4. The molecule has 142 valence electrons. The SMILES string of the molecule is CO[C@H]1O[C@H](COC(C)=O)[C@@H](OC(C)=O)C(NC(C)=O)[C@H]1OC(C)=O. The van der Waals surface area contributed by atoms with Gasteiger partial charge in [-0.25, -0.2) is 0 Å². The maximum absolute atomic E-state index is 11.6. The van der Waals surface area contributed by atoms with Gasteiger partial charge in [0.05, 0.1) is 0 Å². The molecular formula is C15H23NO9. The second-order valence-electron chi connectivity index (χ2n) is 5.46. The van der Waals surface area contributed by atoms with E-state index in [1.807, 2.05) is 0 Å². The first-order valence-electron chi connectivity index (χ1n) is 7.58. The van der Waals surface area contributed by atoms with Crippen molar-refractivity contribution in [2.24, 2.45) is 0 Å². The van der Waals surface area contributed by atoms with Crippen molar-refractivity contribution in [2.75, 3.05) is 13.7 Å². The Balaban J connectivity index is 3.18. The van der Waals surface area contributed by atoms with Gasteiger partial charge >= 0.3 is 17.9 Å². The molecule has 1 saturated heterocycles. The highest BCUT2D eigenvalue weighted by Gasteiger charge is 2.50. The van der Waals surface area contributed by atoms with Gasteiger partial charge in [0.1, 0.15) is 18.8 Å². The van der Waals surface area contributed by atoms with Gasteiger partial charge in [0.25, 0.3) is 0 Å². The number of esters is 3. The van der Waals surface area contributed by atoms with Crippen LogP contribution in [-0.2, 0) is 42.9 Å². The summed E-state index contributed by atoms with van der Waals surface area (Å²) in [5.41, 5.74) is 0. The molecule has 1 unspecified atom stereocenters. The fraction of sp³-hybridized carbons (Fsp3) is 0.733. The first kappa shape index (κ1) is 20.8. The minimum absolute atomic E-state index is 0.240. The van der Waals surface area contributed by atoms with Gasteiger partial charge in [0, 0.05) is 34.8 Å². The minimum Gasteiger partial charge on any atom is -0.463 e. The lowest BCUT2D eigenvalue weighted by Gasteiger charge is -2.44. The maximum Gasteiger partial charge on any atom is 0.303 e. The molecule has 0 aromatic heterocycles. The number of nitrogens with one attached hydrogen (secondary N) is 1. The summed E-state index contributed by atoms with van der Waals surface area (Å²) in [5, 5.41) is 2.58. The molecule has 0 bridgehead atoms. The standard InChI is InChI=1S/C15H23NO9/c1-7(17)16-12-13(23-9(3)19)11(6-22-8(2)18)25-15(21-5)14(12)24-10(4)20/h11-15H,6H2,1-5H3,(H,16,17)/t11-,12?,13-,14-,15+/m1/s1. The molecule has 10 heteroatoms. The Hall–Kier alpha value is -2.20. The molecule has 0 aromatic rings. The molecule has 0 aliphatic carbocycles. The van der Waals surface area contributed by atoms with E-state index in [1.165, 1.54) is 34.8 Å². The normalized spacial score (nSPS) is 28.6. The van der Waals surface area contributed by atoms with Gasteiger partial charge in [-0.15, -0.1) is 0 Å². The summed E-state index contributed by atoms with van der Waals surface area (Å²) in [4.78, 5) is 45.5. The predicted molar refractivity (Wildman–Crippen MR) is 81.0 cm³/mol. The van der Waals surface area contributed by atoms with Gasteiger partial charge in [-0.1, -0.05) is 0 Å². The molecular weight excluding hydrogens is 338 g/mol. The quantitative estimate of drug-likeness (QED) is 0.482. The summed E-state index contributed by atoms with van der Waals surface area (Å²) in [6.45, 7) is 4.59. The van der Waals surface area contributed by atoms with E-state index in [0.717, 1.165) is 0 Å².